The van der Waals surface area contributed by atoms with E-state index in [0.717, 1.165) is 0 Å². The maximum atomic E-state index is 11.7. The predicted molar refractivity (Wildman–Crippen MR) is 70.0 cm³/mol. The number of nitrogens with zero attached hydrogens (tertiary/aromatic N) is 1. The van der Waals surface area contributed by atoms with Crippen LogP contribution in [0.3, 0.4) is 0 Å². The van der Waals surface area contributed by atoms with Crippen molar-refractivity contribution in [2.75, 3.05) is 19.7 Å². The molecule has 1 amide bonds. The van der Waals surface area contributed by atoms with Gasteiger partial charge in [0, 0.05) is 18.7 Å². The van der Waals surface area contributed by atoms with E-state index in [1.165, 1.54) is 24.3 Å². The molecule has 0 saturated heterocycles. The summed E-state index contributed by atoms with van der Waals surface area (Å²) in [6.45, 7) is 4.63. The van der Waals surface area contributed by atoms with Crippen molar-refractivity contribution in [2.45, 2.75) is 13.8 Å². The van der Waals surface area contributed by atoms with Crippen LogP contribution in [-0.4, -0.2) is 42.8 Å². The Labute approximate surface area is 112 Å². The molecule has 1 rings (SSSR count). The highest BCUT2D eigenvalue weighted by Crippen LogP contribution is 2.04. The highest BCUT2D eigenvalue weighted by Gasteiger charge is 2.13. The van der Waals surface area contributed by atoms with Gasteiger partial charge in [0.05, 0.1) is 5.56 Å². The third-order valence-electron chi connectivity index (χ3n) is 2.73. The summed E-state index contributed by atoms with van der Waals surface area (Å²) in [4.78, 5) is 35.4. The minimum atomic E-state index is -0.571. The van der Waals surface area contributed by atoms with Crippen molar-refractivity contribution < 1.29 is 19.1 Å². The quantitative estimate of drug-likeness (QED) is 0.576. The number of hydrogen-bond donors (Lipinski definition) is 0. The molecule has 1 aromatic rings. The lowest BCUT2D eigenvalue weighted by atomic mass is 10.1. The summed E-state index contributed by atoms with van der Waals surface area (Å²) in [5.74, 6) is -0.791. The Morgan fingerprint density at radius 3 is 2.21 bits per heavy atom. The molecule has 0 radical (unpaired) electrons. The first-order valence-corrected chi connectivity index (χ1v) is 6.12. The minimum absolute atomic E-state index is 0.220. The summed E-state index contributed by atoms with van der Waals surface area (Å²) in [7, 11) is 0. The van der Waals surface area contributed by atoms with Gasteiger partial charge in [0.15, 0.2) is 6.61 Å². The fraction of sp³-hybridized carbons (Fsp3) is 0.357. The van der Waals surface area contributed by atoms with Gasteiger partial charge in [0.25, 0.3) is 5.91 Å². The van der Waals surface area contributed by atoms with Crippen LogP contribution >= 0.6 is 0 Å². The topological polar surface area (TPSA) is 63.7 Å². The van der Waals surface area contributed by atoms with E-state index in [1.54, 1.807) is 4.90 Å². The Morgan fingerprint density at radius 1 is 1.16 bits per heavy atom. The first kappa shape index (κ1) is 14.9. The second-order valence-electron chi connectivity index (χ2n) is 3.88. The van der Waals surface area contributed by atoms with Gasteiger partial charge < -0.3 is 9.64 Å². The van der Waals surface area contributed by atoms with Gasteiger partial charge in [0.1, 0.15) is 6.29 Å². The molecule has 0 aliphatic carbocycles. The average molecular weight is 263 g/mol. The fourth-order valence-electron chi connectivity index (χ4n) is 1.58. The summed E-state index contributed by atoms with van der Waals surface area (Å²) >= 11 is 0. The van der Waals surface area contributed by atoms with Crippen LogP contribution in [0.1, 0.15) is 34.6 Å². The molecule has 0 fully saturated rings. The number of esters is 1. The van der Waals surface area contributed by atoms with Gasteiger partial charge in [-0.05, 0) is 26.0 Å². The zero-order valence-corrected chi connectivity index (χ0v) is 11.1. The van der Waals surface area contributed by atoms with Gasteiger partial charge in [-0.25, -0.2) is 4.79 Å². The summed E-state index contributed by atoms with van der Waals surface area (Å²) in [6, 6.07) is 6.04. The lowest BCUT2D eigenvalue weighted by molar-refractivity contribution is -0.134. The molecule has 0 atom stereocenters. The minimum Gasteiger partial charge on any atom is -0.452 e. The summed E-state index contributed by atoms with van der Waals surface area (Å²) in [6.07, 6.45) is 0.693. The van der Waals surface area contributed by atoms with E-state index in [0.29, 0.717) is 30.5 Å². The molecule has 0 N–H and O–H groups in total. The van der Waals surface area contributed by atoms with Crippen LogP contribution in [0, 0.1) is 0 Å². The van der Waals surface area contributed by atoms with Crippen molar-refractivity contribution in [3.8, 4) is 0 Å². The number of carbonyl (C=O) groups excluding carboxylic acids is 3. The smallest absolute Gasteiger partial charge is 0.338 e. The van der Waals surface area contributed by atoms with Gasteiger partial charge in [-0.2, -0.15) is 0 Å². The van der Waals surface area contributed by atoms with Crippen molar-refractivity contribution in [1.29, 1.82) is 0 Å². The van der Waals surface area contributed by atoms with E-state index in [-0.39, 0.29) is 12.5 Å². The molecular weight excluding hydrogens is 246 g/mol. The molecule has 102 valence electrons. The Kier molecular flexibility index (Phi) is 5.73. The van der Waals surface area contributed by atoms with E-state index < -0.39 is 5.97 Å². The van der Waals surface area contributed by atoms with Crippen LogP contribution in [-0.2, 0) is 9.53 Å². The molecule has 0 spiro atoms. The lowest BCUT2D eigenvalue weighted by Gasteiger charge is -2.18. The maximum absolute atomic E-state index is 11.7. The van der Waals surface area contributed by atoms with E-state index >= 15 is 0 Å². The van der Waals surface area contributed by atoms with Gasteiger partial charge in [-0.1, -0.05) is 12.1 Å². The SMILES string of the molecule is CCN(CC)C(=O)COC(=O)c1ccc(C=O)cc1. The molecule has 0 unspecified atom stereocenters. The zero-order valence-electron chi connectivity index (χ0n) is 11.1. The summed E-state index contributed by atoms with van der Waals surface area (Å²) in [5.41, 5.74) is 0.800. The monoisotopic (exact) mass is 263 g/mol. The molecule has 0 aliphatic heterocycles. The molecule has 19 heavy (non-hydrogen) atoms. The zero-order chi connectivity index (χ0) is 14.3. The van der Waals surface area contributed by atoms with Gasteiger partial charge in [-0.15, -0.1) is 0 Å². The number of carbonyl (C=O) groups is 3. The Bertz CT molecular complexity index is 449. The average Bonchev–Trinajstić information content (AvgIpc) is 2.46. The van der Waals surface area contributed by atoms with Crippen LogP contribution in [0.5, 0.6) is 0 Å². The molecule has 0 heterocycles. The van der Waals surface area contributed by atoms with Crippen molar-refractivity contribution >= 4 is 18.2 Å². The second kappa shape index (κ2) is 7.31. The summed E-state index contributed by atoms with van der Waals surface area (Å²) < 4.78 is 4.93. The molecule has 5 heteroatoms. The van der Waals surface area contributed by atoms with Gasteiger partial charge in [0.2, 0.25) is 0 Å². The normalized spacial score (nSPS) is 9.79. The maximum Gasteiger partial charge on any atom is 0.338 e. The number of amides is 1. The third kappa shape index (κ3) is 4.21. The Balaban J connectivity index is 2.55. The molecule has 0 aliphatic rings. The molecule has 0 saturated carbocycles. The number of likely N-dealkylation sites (N-methyl/N-ethyl adjacent to an activating group) is 1. The molecular formula is C14H17NO4. The fourth-order valence-corrected chi connectivity index (χ4v) is 1.58. The van der Waals surface area contributed by atoms with Crippen molar-refractivity contribution in [3.05, 3.63) is 35.4 Å². The number of rotatable bonds is 6. The van der Waals surface area contributed by atoms with Crippen LogP contribution < -0.4 is 0 Å². The van der Waals surface area contributed by atoms with Crippen molar-refractivity contribution in [2.24, 2.45) is 0 Å². The first-order valence-electron chi connectivity index (χ1n) is 6.12. The lowest BCUT2D eigenvalue weighted by Crippen LogP contribution is -2.34. The van der Waals surface area contributed by atoms with Gasteiger partial charge >= 0.3 is 5.97 Å². The van der Waals surface area contributed by atoms with Crippen LogP contribution in [0.2, 0.25) is 0 Å². The third-order valence-corrected chi connectivity index (χ3v) is 2.73. The highest BCUT2D eigenvalue weighted by atomic mass is 16.5. The molecule has 1 aromatic carbocycles. The van der Waals surface area contributed by atoms with Crippen LogP contribution in [0.15, 0.2) is 24.3 Å². The highest BCUT2D eigenvalue weighted by molar-refractivity contribution is 5.92. The number of benzene rings is 1. The van der Waals surface area contributed by atoms with Crippen LogP contribution in [0.25, 0.3) is 0 Å². The standard InChI is InChI=1S/C14H17NO4/c1-3-15(4-2)13(17)10-19-14(18)12-7-5-11(9-16)6-8-12/h5-9H,3-4,10H2,1-2H3. The van der Waals surface area contributed by atoms with E-state index in [4.69, 9.17) is 4.74 Å². The first-order chi connectivity index (χ1) is 9.12. The van der Waals surface area contributed by atoms with Crippen LogP contribution in [0.4, 0.5) is 0 Å². The van der Waals surface area contributed by atoms with Crippen molar-refractivity contribution in [1.82, 2.24) is 4.90 Å². The largest absolute Gasteiger partial charge is 0.452 e. The summed E-state index contributed by atoms with van der Waals surface area (Å²) in [5, 5.41) is 0. The molecule has 0 bridgehead atoms. The van der Waals surface area contributed by atoms with Crippen molar-refractivity contribution in [3.63, 3.8) is 0 Å². The number of hydrogen-bond acceptors (Lipinski definition) is 4. The molecule has 0 aromatic heterocycles. The predicted octanol–water partition coefficient (Wildman–Crippen LogP) is 1.52. The van der Waals surface area contributed by atoms with E-state index in [2.05, 4.69) is 0 Å². The Morgan fingerprint density at radius 2 is 1.74 bits per heavy atom. The van der Waals surface area contributed by atoms with Gasteiger partial charge in [-0.3, -0.25) is 9.59 Å². The van der Waals surface area contributed by atoms with E-state index in [9.17, 15) is 14.4 Å². The molecule has 5 nitrogen and oxygen atoms in total. The second-order valence-corrected chi connectivity index (χ2v) is 3.88. The Hall–Kier alpha value is -2.17. The number of aldehydes is 1. The number of ether oxygens (including phenoxy) is 1. The van der Waals surface area contributed by atoms with E-state index in [1.807, 2.05) is 13.8 Å².